The highest BCUT2D eigenvalue weighted by Gasteiger charge is 2.24. The molecule has 1 aromatic carbocycles. The van der Waals surface area contributed by atoms with Crippen molar-refractivity contribution in [1.29, 1.82) is 0 Å². The molecule has 0 N–H and O–H groups in total. The molecule has 0 aromatic heterocycles. The first-order valence-corrected chi connectivity index (χ1v) is 7.30. The van der Waals surface area contributed by atoms with E-state index in [1.807, 2.05) is 0 Å². The van der Waals surface area contributed by atoms with E-state index < -0.39 is 25.8 Å². The molecule has 0 bridgehead atoms. The first-order chi connectivity index (χ1) is 8.17. The average Bonchev–Trinajstić information content (AvgIpc) is 2.28. The van der Waals surface area contributed by atoms with E-state index in [0.717, 1.165) is 12.1 Å². The molecule has 3 nitrogen and oxygen atoms in total. The van der Waals surface area contributed by atoms with Crippen molar-refractivity contribution in [1.82, 2.24) is 0 Å². The fourth-order valence-electron chi connectivity index (χ4n) is 1.46. The van der Waals surface area contributed by atoms with Crippen molar-refractivity contribution in [3.8, 4) is 0 Å². The van der Waals surface area contributed by atoms with Crippen LogP contribution in [0.15, 0.2) is 23.1 Å². The van der Waals surface area contributed by atoms with Crippen LogP contribution in [0, 0.1) is 11.7 Å². The number of carbonyl (C=O) groups is 1. The lowest BCUT2D eigenvalue weighted by atomic mass is 10.0. The fraction of sp³-hybridized carbons (Fsp3) is 0.462. The summed E-state index contributed by atoms with van der Waals surface area (Å²) in [6, 6.07) is 3.48. The van der Waals surface area contributed by atoms with Gasteiger partial charge in [0.1, 0.15) is 10.7 Å². The molecule has 0 aliphatic rings. The molecule has 0 heterocycles. The highest BCUT2D eigenvalue weighted by molar-refractivity contribution is 7.92. The molecule has 100 valence electrons. The second-order valence-electron chi connectivity index (χ2n) is 4.76. The van der Waals surface area contributed by atoms with Crippen LogP contribution < -0.4 is 0 Å². The first kappa shape index (κ1) is 14.8. The Morgan fingerprint density at radius 3 is 2.17 bits per heavy atom. The van der Waals surface area contributed by atoms with Gasteiger partial charge in [0.05, 0.1) is 5.25 Å². The van der Waals surface area contributed by atoms with Crippen LogP contribution in [-0.2, 0) is 9.84 Å². The molecule has 0 aliphatic heterocycles. The zero-order chi connectivity index (χ0) is 14.1. The molecular formula is C13H17FO3S. The molecule has 0 amide bonds. The standard InChI is InChI=1S/C13H17FO3S/c1-8(2)13(15)10-5-6-11(14)12(7-10)18(16,17)9(3)4/h5-9H,1-4H3. The largest absolute Gasteiger partial charge is 0.294 e. The number of hydrogen-bond acceptors (Lipinski definition) is 3. The highest BCUT2D eigenvalue weighted by Crippen LogP contribution is 2.22. The van der Waals surface area contributed by atoms with E-state index in [1.165, 1.54) is 19.9 Å². The van der Waals surface area contributed by atoms with Crippen LogP contribution in [0.4, 0.5) is 4.39 Å². The summed E-state index contributed by atoms with van der Waals surface area (Å²) in [6.07, 6.45) is 0. The van der Waals surface area contributed by atoms with Gasteiger partial charge in [0.25, 0.3) is 0 Å². The molecule has 0 atom stereocenters. The molecule has 0 aliphatic carbocycles. The third kappa shape index (κ3) is 2.77. The van der Waals surface area contributed by atoms with Gasteiger partial charge in [0.15, 0.2) is 15.6 Å². The number of ketones is 1. The lowest BCUT2D eigenvalue weighted by molar-refractivity contribution is 0.0939. The summed E-state index contributed by atoms with van der Waals surface area (Å²) in [4.78, 5) is 11.4. The molecular weight excluding hydrogens is 255 g/mol. The maximum Gasteiger partial charge on any atom is 0.183 e. The molecule has 5 heteroatoms. The zero-order valence-corrected chi connectivity index (χ0v) is 11.7. The molecule has 0 saturated carbocycles. The lowest BCUT2D eigenvalue weighted by Gasteiger charge is -2.11. The minimum atomic E-state index is -3.72. The van der Waals surface area contributed by atoms with Gasteiger partial charge in [-0.05, 0) is 32.0 Å². The van der Waals surface area contributed by atoms with Gasteiger partial charge in [-0.2, -0.15) is 0 Å². The maximum absolute atomic E-state index is 13.6. The number of benzene rings is 1. The van der Waals surface area contributed by atoms with Crippen molar-refractivity contribution in [3.63, 3.8) is 0 Å². The third-order valence-electron chi connectivity index (χ3n) is 2.67. The molecule has 18 heavy (non-hydrogen) atoms. The van der Waals surface area contributed by atoms with E-state index in [4.69, 9.17) is 0 Å². The molecule has 1 aromatic rings. The predicted octanol–water partition coefficient (Wildman–Crippen LogP) is 2.85. The summed E-state index contributed by atoms with van der Waals surface area (Å²) in [5, 5.41) is -0.726. The van der Waals surface area contributed by atoms with Crippen molar-refractivity contribution in [2.75, 3.05) is 0 Å². The van der Waals surface area contributed by atoms with Gasteiger partial charge in [0.2, 0.25) is 0 Å². The number of Topliss-reactive ketones (excluding diaryl/α,β-unsaturated/α-hetero) is 1. The smallest absolute Gasteiger partial charge is 0.183 e. The Hall–Kier alpha value is -1.23. The average molecular weight is 272 g/mol. The molecule has 0 radical (unpaired) electrons. The van der Waals surface area contributed by atoms with Gasteiger partial charge < -0.3 is 0 Å². The summed E-state index contributed by atoms with van der Waals surface area (Å²) in [5.41, 5.74) is 0.227. The Kier molecular flexibility index (Phi) is 4.27. The SMILES string of the molecule is CC(C)C(=O)c1ccc(F)c(S(=O)(=O)C(C)C)c1. The fourth-order valence-corrected chi connectivity index (χ4v) is 2.60. The summed E-state index contributed by atoms with van der Waals surface area (Å²) in [7, 11) is -3.72. The summed E-state index contributed by atoms with van der Waals surface area (Å²) in [6.45, 7) is 6.38. The molecule has 0 saturated heterocycles. The van der Waals surface area contributed by atoms with E-state index in [-0.39, 0.29) is 17.3 Å². The van der Waals surface area contributed by atoms with Crippen LogP contribution in [0.1, 0.15) is 38.1 Å². The van der Waals surface area contributed by atoms with Crippen LogP contribution in [0.25, 0.3) is 0 Å². The quantitative estimate of drug-likeness (QED) is 0.792. The minimum Gasteiger partial charge on any atom is -0.294 e. The first-order valence-electron chi connectivity index (χ1n) is 5.75. The van der Waals surface area contributed by atoms with Crippen LogP contribution in [-0.4, -0.2) is 19.5 Å². The van der Waals surface area contributed by atoms with Gasteiger partial charge in [-0.15, -0.1) is 0 Å². The van der Waals surface area contributed by atoms with Gasteiger partial charge in [0, 0.05) is 11.5 Å². The monoisotopic (exact) mass is 272 g/mol. The van der Waals surface area contributed by atoms with E-state index in [0.29, 0.717) is 0 Å². The third-order valence-corrected chi connectivity index (χ3v) is 4.83. The van der Waals surface area contributed by atoms with Crippen LogP contribution in [0.5, 0.6) is 0 Å². The summed E-state index contributed by atoms with van der Waals surface area (Å²) >= 11 is 0. The van der Waals surface area contributed by atoms with E-state index >= 15 is 0 Å². The van der Waals surface area contributed by atoms with E-state index in [1.54, 1.807) is 13.8 Å². The Morgan fingerprint density at radius 2 is 1.72 bits per heavy atom. The van der Waals surface area contributed by atoms with Crippen molar-refractivity contribution in [2.45, 2.75) is 37.8 Å². The number of sulfone groups is 1. The highest BCUT2D eigenvalue weighted by atomic mass is 32.2. The molecule has 0 spiro atoms. The number of carbonyl (C=O) groups excluding carboxylic acids is 1. The normalized spacial score (nSPS) is 12.2. The Labute approximate surface area is 107 Å². The van der Waals surface area contributed by atoms with Crippen molar-refractivity contribution in [3.05, 3.63) is 29.6 Å². The maximum atomic E-state index is 13.6. The molecule has 1 rings (SSSR count). The second kappa shape index (κ2) is 5.18. The molecule has 0 fully saturated rings. The Bertz CT molecular complexity index is 560. The summed E-state index contributed by atoms with van der Waals surface area (Å²) in [5.74, 6) is -1.27. The van der Waals surface area contributed by atoms with Crippen LogP contribution >= 0.6 is 0 Å². The van der Waals surface area contributed by atoms with Crippen LogP contribution in [0.2, 0.25) is 0 Å². The number of halogens is 1. The zero-order valence-electron chi connectivity index (χ0n) is 10.9. The molecule has 0 unspecified atom stereocenters. The Balaban J connectivity index is 3.39. The van der Waals surface area contributed by atoms with E-state index in [9.17, 15) is 17.6 Å². The second-order valence-corrected chi connectivity index (χ2v) is 7.23. The lowest BCUT2D eigenvalue weighted by Crippen LogP contribution is -2.17. The van der Waals surface area contributed by atoms with Gasteiger partial charge in [-0.25, -0.2) is 12.8 Å². The van der Waals surface area contributed by atoms with Crippen molar-refractivity contribution in [2.24, 2.45) is 5.92 Å². The number of rotatable bonds is 4. The van der Waals surface area contributed by atoms with Crippen LogP contribution in [0.3, 0.4) is 0 Å². The predicted molar refractivity (Wildman–Crippen MR) is 67.9 cm³/mol. The van der Waals surface area contributed by atoms with Gasteiger partial charge in [-0.1, -0.05) is 13.8 Å². The van der Waals surface area contributed by atoms with Gasteiger partial charge in [-0.3, -0.25) is 4.79 Å². The summed E-state index contributed by atoms with van der Waals surface area (Å²) < 4.78 is 37.5. The van der Waals surface area contributed by atoms with E-state index in [2.05, 4.69) is 0 Å². The van der Waals surface area contributed by atoms with Crippen molar-refractivity contribution >= 4 is 15.6 Å². The topological polar surface area (TPSA) is 51.2 Å². The van der Waals surface area contributed by atoms with Crippen molar-refractivity contribution < 1.29 is 17.6 Å². The number of hydrogen-bond donors (Lipinski definition) is 0. The Morgan fingerprint density at radius 1 is 1.17 bits per heavy atom. The van der Waals surface area contributed by atoms with Gasteiger partial charge >= 0.3 is 0 Å². The minimum absolute atomic E-state index is 0.199.